The smallest absolute Gasteiger partial charge is 0.245 e. The summed E-state index contributed by atoms with van der Waals surface area (Å²) in [5, 5.41) is 6.64. The van der Waals surface area contributed by atoms with Crippen molar-refractivity contribution < 1.29 is 4.74 Å². The molecule has 0 unspecified atom stereocenters. The van der Waals surface area contributed by atoms with E-state index in [1.807, 2.05) is 0 Å². The van der Waals surface area contributed by atoms with Gasteiger partial charge in [-0.2, -0.15) is 10.1 Å². The number of rotatable bonds is 2. The van der Waals surface area contributed by atoms with Gasteiger partial charge in [0.15, 0.2) is 0 Å². The zero-order valence-electron chi connectivity index (χ0n) is 12.1. The molecule has 1 aliphatic carbocycles. The van der Waals surface area contributed by atoms with Crippen LogP contribution in [0.5, 0.6) is 0 Å². The third-order valence-electron chi connectivity index (χ3n) is 3.72. The second-order valence-electron chi connectivity index (χ2n) is 6.17. The van der Waals surface area contributed by atoms with E-state index in [4.69, 9.17) is 4.74 Å². The first-order valence-corrected chi connectivity index (χ1v) is 7.09. The number of aromatic amines is 1. The third-order valence-corrected chi connectivity index (χ3v) is 3.72. The monoisotopic (exact) mass is 275 g/mol. The number of nitrogens with one attached hydrogen (secondary N) is 1. The lowest BCUT2D eigenvalue weighted by Gasteiger charge is -2.38. The van der Waals surface area contributed by atoms with Crippen LogP contribution >= 0.6 is 0 Å². The highest BCUT2D eigenvalue weighted by Gasteiger charge is 2.29. The molecule has 0 radical (unpaired) electrons. The Labute approximate surface area is 118 Å². The standard InChI is InChI=1S/C14H21N5O/c1-14(2)8-11(17-13-15-10-16-18-13)7-12(9-14)19-3-5-20-6-4-19/h7,10H,3-6,8-9H2,1-2H3,(H,15,16,18)/b17-11+. The fourth-order valence-corrected chi connectivity index (χ4v) is 2.85. The van der Waals surface area contributed by atoms with Crippen molar-refractivity contribution in [3.8, 4) is 0 Å². The van der Waals surface area contributed by atoms with Crippen molar-refractivity contribution in [3.05, 3.63) is 18.1 Å². The second kappa shape index (κ2) is 5.36. The van der Waals surface area contributed by atoms with Gasteiger partial charge in [0.2, 0.25) is 5.95 Å². The molecule has 6 nitrogen and oxygen atoms in total. The van der Waals surface area contributed by atoms with Crippen LogP contribution in [0.15, 0.2) is 23.1 Å². The van der Waals surface area contributed by atoms with Gasteiger partial charge in [0.1, 0.15) is 6.33 Å². The van der Waals surface area contributed by atoms with Crippen molar-refractivity contribution in [2.24, 2.45) is 10.4 Å². The quantitative estimate of drug-likeness (QED) is 0.895. The molecule has 0 aromatic carbocycles. The average molecular weight is 275 g/mol. The van der Waals surface area contributed by atoms with Crippen LogP contribution in [0, 0.1) is 5.41 Å². The molecule has 1 aromatic rings. The van der Waals surface area contributed by atoms with E-state index in [9.17, 15) is 0 Å². The highest BCUT2D eigenvalue weighted by atomic mass is 16.5. The van der Waals surface area contributed by atoms with Crippen LogP contribution in [0.25, 0.3) is 0 Å². The van der Waals surface area contributed by atoms with Crippen molar-refractivity contribution in [3.63, 3.8) is 0 Å². The van der Waals surface area contributed by atoms with Gasteiger partial charge in [0.25, 0.3) is 0 Å². The molecule has 0 atom stereocenters. The van der Waals surface area contributed by atoms with Gasteiger partial charge in [-0.3, -0.25) is 0 Å². The minimum absolute atomic E-state index is 0.223. The summed E-state index contributed by atoms with van der Waals surface area (Å²) in [7, 11) is 0. The van der Waals surface area contributed by atoms with Crippen molar-refractivity contribution in [2.75, 3.05) is 26.3 Å². The van der Waals surface area contributed by atoms with E-state index < -0.39 is 0 Å². The lowest BCUT2D eigenvalue weighted by atomic mass is 9.78. The Balaban J connectivity index is 1.86. The van der Waals surface area contributed by atoms with Crippen LogP contribution in [0.1, 0.15) is 26.7 Å². The molecule has 1 N–H and O–H groups in total. The molecule has 1 aromatic heterocycles. The van der Waals surface area contributed by atoms with Crippen LogP contribution in [0.2, 0.25) is 0 Å². The Morgan fingerprint density at radius 2 is 2.10 bits per heavy atom. The molecule has 108 valence electrons. The normalized spacial score (nSPS) is 24.8. The average Bonchev–Trinajstić information content (AvgIpc) is 2.91. The molecule has 0 spiro atoms. The topological polar surface area (TPSA) is 66.4 Å². The van der Waals surface area contributed by atoms with Crippen LogP contribution in [0.4, 0.5) is 5.95 Å². The number of morpholine rings is 1. The van der Waals surface area contributed by atoms with Crippen LogP contribution in [0.3, 0.4) is 0 Å². The molecule has 2 heterocycles. The van der Waals surface area contributed by atoms with Crippen molar-refractivity contribution >= 4 is 11.7 Å². The van der Waals surface area contributed by atoms with Crippen LogP contribution in [-0.4, -0.2) is 52.1 Å². The Morgan fingerprint density at radius 3 is 2.80 bits per heavy atom. The van der Waals surface area contributed by atoms with E-state index in [0.29, 0.717) is 5.95 Å². The zero-order chi connectivity index (χ0) is 14.0. The van der Waals surface area contributed by atoms with E-state index in [1.54, 1.807) is 0 Å². The highest BCUT2D eigenvalue weighted by molar-refractivity contribution is 5.98. The number of nitrogens with zero attached hydrogens (tertiary/aromatic N) is 4. The number of allylic oxidation sites excluding steroid dienone is 2. The first-order chi connectivity index (χ1) is 9.62. The Hall–Kier alpha value is -1.69. The fourth-order valence-electron chi connectivity index (χ4n) is 2.85. The molecule has 0 saturated carbocycles. The fraction of sp³-hybridized carbons (Fsp3) is 0.643. The zero-order valence-corrected chi connectivity index (χ0v) is 12.1. The maximum absolute atomic E-state index is 5.43. The summed E-state index contributed by atoms with van der Waals surface area (Å²) in [6.45, 7) is 8.14. The Kier molecular flexibility index (Phi) is 3.56. The summed E-state index contributed by atoms with van der Waals surface area (Å²) in [5.74, 6) is 0.579. The number of aromatic nitrogens is 3. The molecule has 20 heavy (non-hydrogen) atoms. The van der Waals surface area contributed by atoms with Crippen molar-refractivity contribution in [2.45, 2.75) is 26.7 Å². The number of hydrogen-bond donors (Lipinski definition) is 1. The Morgan fingerprint density at radius 1 is 1.30 bits per heavy atom. The first kappa shape index (κ1) is 13.3. The van der Waals surface area contributed by atoms with Gasteiger partial charge >= 0.3 is 0 Å². The summed E-state index contributed by atoms with van der Waals surface area (Å²) in [6.07, 6.45) is 5.74. The van der Waals surface area contributed by atoms with Gasteiger partial charge in [-0.15, -0.1) is 0 Å². The lowest BCUT2D eigenvalue weighted by Crippen LogP contribution is -2.39. The molecule has 1 fully saturated rings. The van der Waals surface area contributed by atoms with E-state index in [2.05, 4.69) is 45.0 Å². The molecule has 1 saturated heterocycles. The first-order valence-electron chi connectivity index (χ1n) is 7.09. The number of aliphatic imine (C=N–C) groups is 1. The maximum atomic E-state index is 5.43. The molecule has 1 aliphatic heterocycles. The molecule has 3 rings (SSSR count). The second-order valence-corrected chi connectivity index (χ2v) is 6.17. The van der Waals surface area contributed by atoms with Crippen molar-refractivity contribution in [1.82, 2.24) is 20.1 Å². The summed E-state index contributed by atoms with van der Waals surface area (Å²) in [6, 6.07) is 0. The van der Waals surface area contributed by atoms with E-state index in [0.717, 1.165) is 44.9 Å². The van der Waals surface area contributed by atoms with Crippen LogP contribution in [-0.2, 0) is 4.74 Å². The summed E-state index contributed by atoms with van der Waals surface area (Å²) in [5.41, 5.74) is 2.66. The van der Waals surface area contributed by atoms with Crippen molar-refractivity contribution in [1.29, 1.82) is 0 Å². The SMILES string of the molecule is CC1(C)CC(N2CCOCC2)=C/C(=N\c2ncn[nH]2)C1. The summed E-state index contributed by atoms with van der Waals surface area (Å²) >= 11 is 0. The third kappa shape index (κ3) is 3.07. The van der Waals surface area contributed by atoms with E-state index >= 15 is 0 Å². The van der Waals surface area contributed by atoms with E-state index in [1.165, 1.54) is 12.0 Å². The molecule has 0 amide bonds. The minimum Gasteiger partial charge on any atom is -0.378 e. The predicted molar refractivity (Wildman–Crippen MR) is 77.0 cm³/mol. The highest BCUT2D eigenvalue weighted by Crippen LogP contribution is 2.36. The largest absolute Gasteiger partial charge is 0.378 e. The van der Waals surface area contributed by atoms with Gasteiger partial charge in [-0.05, 0) is 24.3 Å². The number of hydrogen-bond acceptors (Lipinski definition) is 5. The summed E-state index contributed by atoms with van der Waals surface area (Å²) < 4.78 is 5.43. The number of H-pyrrole nitrogens is 1. The van der Waals surface area contributed by atoms with Gasteiger partial charge in [0.05, 0.1) is 13.2 Å². The van der Waals surface area contributed by atoms with Crippen LogP contribution < -0.4 is 0 Å². The van der Waals surface area contributed by atoms with Gasteiger partial charge in [-0.25, -0.2) is 10.1 Å². The maximum Gasteiger partial charge on any atom is 0.245 e. The van der Waals surface area contributed by atoms with Gasteiger partial charge < -0.3 is 9.64 Å². The molecular formula is C14H21N5O. The molecule has 0 bridgehead atoms. The van der Waals surface area contributed by atoms with Gasteiger partial charge in [0, 0.05) is 24.5 Å². The molecule has 6 heteroatoms. The number of ether oxygens (including phenoxy) is 1. The minimum atomic E-state index is 0.223. The molecular weight excluding hydrogens is 254 g/mol. The predicted octanol–water partition coefficient (Wildman–Crippen LogP) is 1.91. The molecule has 2 aliphatic rings. The Bertz CT molecular complexity index is 512. The summed E-state index contributed by atoms with van der Waals surface area (Å²) in [4.78, 5) is 11.1. The van der Waals surface area contributed by atoms with Gasteiger partial charge in [-0.1, -0.05) is 13.8 Å². The van der Waals surface area contributed by atoms with E-state index in [-0.39, 0.29) is 5.41 Å². The lowest BCUT2D eigenvalue weighted by molar-refractivity contribution is 0.0491.